The Hall–Kier alpha value is -3.02. The zero-order chi connectivity index (χ0) is 23.1. The minimum atomic E-state index is 0.107. The number of hydrogen-bond donors (Lipinski definition) is 1. The maximum absolute atomic E-state index is 6.19. The molecule has 0 spiro atoms. The molecule has 166 valence electrons. The quantitative estimate of drug-likeness (QED) is 0.295. The number of aryl methyl sites for hydroxylation is 2. The van der Waals surface area contributed by atoms with Crippen LogP contribution in [0.1, 0.15) is 29.2 Å². The fraction of sp³-hybridized carbons (Fsp3) is 0.259. The van der Waals surface area contributed by atoms with E-state index in [-0.39, 0.29) is 5.17 Å². The SMILES string of the molecule is CCN(C)CCc1cc(C)c(OC(=S)N=C(N)c2ccc(-c3ccccc3)cc2)cc1C. The molecule has 0 aliphatic carbocycles. The zero-order valence-corrected chi connectivity index (χ0v) is 20.1. The van der Waals surface area contributed by atoms with Crippen molar-refractivity contribution < 1.29 is 4.74 Å². The highest BCUT2D eigenvalue weighted by Gasteiger charge is 2.10. The van der Waals surface area contributed by atoms with Gasteiger partial charge in [0.1, 0.15) is 11.6 Å². The smallest absolute Gasteiger partial charge is 0.290 e. The molecule has 0 unspecified atom stereocenters. The first-order chi connectivity index (χ1) is 15.4. The molecule has 0 bridgehead atoms. The van der Waals surface area contributed by atoms with Gasteiger partial charge in [-0.1, -0.05) is 67.6 Å². The summed E-state index contributed by atoms with van der Waals surface area (Å²) in [6.45, 7) is 8.36. The fourth-order valence-corrected chi connectivity index (χ4v) is 3.63. The molecule has 3 aromatic carbocycles. The molecule has 0 saturated carbocycles. The zero-order valence-electron chi connectivity index (χ0n) is 19.3. The average Bonchev–Trinajstić information content (AvgIpc) is 2.80. The molecule has 32 heavy (non-hydrogen) atoms. The molecule has 0 radical (unpaired) electrons. The van der Waals surface area contributed by atoms with Gasteiger partial charge in [-0.15, -0.1) is 0 Å². The molecule has 0 atom stereocenters. The van der Waals surface area contributed by atoms with Crippen LogP contribution in [0.15, 0.2) is 71.7 Å². The summed E-state index contributed by atoms with van der Waals surface area (Å²) in [7, 11) is 2.13. The Morgan fingerprint density at radius 2 is 1.62 bits per heavy atom. The number of thiocarbonyl (C=S) groups is 1. The Balaban J connectivity index is 1.68. The normalized spacial score (nSPS) is 11.6. The summed E-state index contributed by atoms with van der Waals surface area (Å²) in [6, 6.07) is 22.4. The van der Waals surface area contributed by atoms with Crippen LogP contribution in [0.2, 0.25) is 0 Å². The Kier molecular flexibility index (Phi) is 8.14. The summed E-state index contributed by atoms with van der Waals surface area (Å²) in [5.41, 5.74) is 12.8. The minimum Gasteiger partial charge on any atom is -0.430 e. The molecule has 0 amide bonds. The maximum atomic E-state index is 6.19. The van der Waals surface area contributed by atoms with Crippen molar-refractivity contribution in [1.82, 2.24) is 4.90 Å². The second-order valence-electron chi connectivity index (χ2n) is 8.00. The molecule has 4 nitrogen and oxygen atoms in total. The van der Waals surface area contributed by atoms with Gasteiger partial charge < -0.3 is 15.4 Å². The van der Waals surface area contributed by atoms with Crippen molar-refractivity contribution >= 4 is 23.2 Å². The van der Waals surface area contributed by atoms with Crippen molar-refractivity contribution in [1.29, 1.82) is 0 Å². The van der Waals surface area contributed by atoms with E-state index in [1.807, 2.05) is 55.5 Å². The number of aliphatic imine (C=N–C) groups is 1. The van der Waals surface area contributed by atoms with E-state index < -0.39 is 0 Å². The van der Waals surface area contributed by atoms with Gasteiger partial charge in [-0.2, -0.15) is 4.99 Å². The fourth-order valence-electron chi connectivity index (χ4n) is 3.44. The lowest BCUT2D eigenvalue weighted by Crippen LogP contribution is -2.20. The highest BCUT2D eigenvalue weighted by molar-refractivity contribution is 7.80. The van der Waals surface area contributed by atoms with Crippen molar-refractivity contribution in [3.05, 3.63) is 89.0 Å². The molecule has 0 aliphatic heterocycles. The Morgan fingerprint density at radius 3 is 2.28 bits per heavy atom. The van der Waals surface area contributed by atoms with Crippen LogP contribution in [0.25, 0.3) is 11.1 Å². The van der Waals surface area contributed by atoms with Gasteiger partial charge in [-0.3, -0.25) is 0 Å². The number of hydrogen-bond acceptors (Lipinski definition) is 3. The van der Waals surface area contributed by atoms with E-state index in [9.17, 15) is 0 Å². The van der Waals surface area contributed by atoms with Crippen LogP contribution in [0.3, 0.4) is 0 Å². The first-order valence-electron chi connectivity index (χ1n) is 10.9. The molecule has 0 aliphatic rings. The van der Waals surface area contributed by atoms with Crippen molar-refractivity contribution in [3.8, 4) is 16.9 Å². The van der Waals surface area contributed by atoms with E-state index in [0.717, 1.165) is 47.5 Å². The van der Waals surface area contributed by atoms with Crippen molar-refractivity contribution in [2.75, 3.05) is 20.1 Å². The van der Waals surface area contributed by atoms with Crippen LogP contribution in [0.5, 0.6) is 5.75 Å². The molecular formula is C27H31N3OS. The molecule has 0 fully saturated rings. The molecule has 0 saturated heterocycles. The highest BCUT2D eigenvalue weighted by Crippen LogP contribution is 2.24. The summed E-state index contributed by atoms with van der Waals surface area (Å²) in [5.74, 6) is 1.05. The number of nitrogens with zero attached hydrogens (tertiary/aromatic N) is 2. The van der Waals surface area contributed by atoms with E-state index in [4.69, 9.17) is 22.7 Å². The number of nitrogens with two attached hydrogens (primary N) is 1. The lowest BCUT2D eigenvalue weighted by molar-refractivity contribution is 0.357. The Bertz CT molecular complexity index is 1090. The third-order valence-electron chi connectivity index (χ3n) is 5.63. The van der Waals surface area contributed by atoms with Gasteiger partial charge in [0.2, 0.25) is 0 Å². The molecular weight excluding hydrogens is 414 g/mol. The average molecular weight is 446 g/mol. The highest BCUT2D eigenvalue weighted by atomic mass is 32.1. The van der Waals surface area contributed by atoms with Crippen LogP contribution in [-0.2, 0) is 6.42 Å². The van der Waals surface area contributed by atoms with Gasteiger partial charge in [0.25, 0.3) is 5.17 Å². The monoisotopic (exact) mass is 445 g/mol. The van der Waals surface area contributed by atoms with Gasteiger partial charge in [0.15, 0.2) is 0 Å². The number of rotatable bonds is 7. The number of benzene rings is 3. The minimum absolute atomic E-state index is 0.107. The third-order valence-corrected chi connectivity index (χ3v) is 5.81. The standard InChI is InChI=1S/C27H31N3OS/c1-5-30(4)16-15-24-17-20(3)25(18-19(24)2)31-27(32)29-26(28)23-13-11-22(12-14-23)21-9-7-6-8-10-21/h6-14,17-18H,5,15-16H2,1-4H3,(H2,28,29,32). The van der Waals surface area contributed by atoms with Gasteiger partial charge in [-0.05, 0) is 80.0 Å². The number of likely N-dealkylation sites (N-methyl/N-ethyl adjacent to an activating group) is 1. The summed E-state index contributed by atoms with van der Waals surface area (Å²) in [5, 5.41) is 0.107. The van der Waals surface area contributed by atoms with Gasteiger partial charge in [-0.25, -0.2) is 0 Å². The Labute approximate surface area is 196 Å². The third kappa shape index (κ3) is 6.25. The summed E-state index contributed by atoms with van der Waals surface area (Å²) in [6.07, 6.45) is 1.01. The van der Waals surface area contributed by atoms with Crippen LogP contribution in [0, 0.1) is 13.8 Å². The molecule has 2 N–H and O–H groups in total. The molecule has 0 aromatic heterocycles. The van der Waals surface area contributed by atoms with E-state index in [1.165, 1.54) is 11.1 Å². The lowest BCUT2D eigenvalue weighted by Gasteiger charge is -2.16. The van der Waals surface area contributed by atoms with Crippen LogP contribution >= 0.6 is 12.2 Å². The second kappa shape index (κ2) is 11.0. The largest absolute Gasteiger partial charge is 0.430 e. The van der Waals surface area contributed by atoms with Crippen LogP contribution < -0.4 is 10.5 Å². The van der Waals surface area contributed by atoms with E-state index >= 15 is 0 Å². The van der Waals surface area contributed by atoms with Crippen molar-refractivity contribution in [3.63, 3.8) is 0 Å². The summed E-state index contributed by atoms with van der Waals surface area (Å²) >= 11 is 5.36. The summed E-state index contributed by atoms with van der Waals surface area (Å²) < 4.78 is 5.87. The number of ether oxygens (including phenoxy) is 1. The van der Waals surface area contributed by atoms with Gasteiger partial charge in [0.05, 0.1) is 0 Å². The lowest BCUT2D eigenvalue weighted by atomic mass is 10.0. The van der Waals surface area contributed by atoms with Crippen molar-refractivity contribution in [2.24, 2.45) is 10.7 Å². The van der Waals surface area contributed by atoms with Crippen molar-refractivity contribution in [2.45, 2.75) is 27.2 Å². The molecule has 0 heterocycles. The molecule has 3 aromatic rings. The van der Waals surface area contributed by atoms with E-state index in [1.54, 1.807) is 0 Å². The van der Waals surface area contributed by atoms with E-state index in [2.05, 4.69) is 49.0 Å². The van der Waals surface area contributed by atoms with E-state index in [0.29, 0.717) is 5.84 Å². The predicted octanol–water partition coefficient (Wildman–Crippen LogP) is 5.53. The van der Waals surface area contributed by atoms with Crippen LogP contribution in [-0.4, -0.2) is 36.0 Å². The summed E-state index contributed by atoms with van der Waals surface area (Å²) in [4.78, 5) is 6.61. The molecule has 5 heteroatoms. The first kappa shape index (κ1) is 23.6. The Morgan fingerprint density at radius 1 is 0.969 bits per heavy atom. The maximum Gasteiger partial charge on any atom is 0.290 e. The van der Waals surface area contributed by atoms with Gasteiger partial charge >= 0.3 is 0 Å². The van der Waals surface area contributed by atoms with Gasteiger partial charge in [0, 0.05) is 12.1 Å². The van der Waals surface area contributed by atoms with Crippen LogP contribution in [0.4, 0.5) is 0 Å². The molecule has 3 rings (SSSR count). The number of amidine groups is 1. The first-order valence-corrected chi connectivity index (χ1v) is 11.3. The second-order valence-corrected chi connectivity index (χ2v) is 8.35. The topological polar surface area (TPSA) is 50.8 Å². The predicted molar refractivity (Wildman–Crippen MR) is 139 cm³/mol.